The molecular weight excluding hydrogens is 390 g/mol. The zero-order valence-electron chi connectivity index (χ0n) is 15.6. The van der Waals surface area contributed by atoms with Crippen LogP contribution < -0.4 is 9.64 Å². The molecule has 11 nitrogen and oxygen atoms in total. The number of nitrogens with zero attached hydrogens (tertiary/aromatic N) is 7. The van der Waals surface area contributed by atoms with Gasteiger partial charge in [-0.05, 0) is 59.0 Å². The summed E-state index contributed by atoms with van der Waals surface area (Å²) < 4.78 is 17.5. The second-order valence-corrected chi connectivity index (χ2v) is 6.36. The first-order chi connectivity index (χ1) is 14.8. The van der Waals surface area contributed by atoms with Crippen molar-refractivity contribution in [3.8, 4) is 22.8 Å². The Morgan fingerprint density at radius 1 is 1.03 bits per heavy atom. The Balaban J connectivity index is 1.22. The van der Waals surface area contributed by atoms with E-state index in [4.69, 9.17) is 14.0 Å². The zero-order valence-corrected chi connectivity index (χ0v) is 15.6. The van der Waals surface area contributed by atoms with Gasteiger partial charge >= 0.3 is 6.09 Å². The Morgan fingerprint density at radius 2 is 1.83 bits per heavy atom. The van der Waals surface area contributed by atoms with Crippen LogP contribution in [0.5, 0.6) is 5.75 Å². The quantitative estimate of drug-likeness (QED) is 0.475. The lowest BCUT2D eigenvalue weighted by molar-refractivity contribution is 0.181. The molecule has 0 spiro atoms. The Morgan fingerprint density at radius 3 is 2.53 bits per heavy atom. The van der Waals surface area contributed by atoms with Crippen molar-refractivity contribution in [1.82, 2.24) is 30.3 Å². The van der Waals surface area contributed by atoms with Crippen LogP contribution in [0.15, 0.2) is 59.4 Å². The molecule has 2 aromatic carbocycles. The van der Waals surface area contributed by atoms with Crippen molar-refractivity contribution < 1.29 is 18.8 Å². The maximum atomic E-state index is 11.6. The van der Waals surface area contributed by atoms with Crippen molar-refractivity contribution in [2.24, 2.45) is 0 Å². The van der Waals surface area contributed by atoms with Gasteiger partial charge in [-0.1, -0.05) is 5.16 Å². The molecular formula is C19H15N7O4. The molecule has 4 aromatic rings. The minimum absolute atomic E-state index is 0.134. The number of amides is 1. The van der Waals surface area contributed by atoms with Gasteiger partial charge in [0, 0.05) is 11.3 Å². The maximum Gasteiger partial charge on any atom is 0.414 e. The minimum atomic E-state index is -0.340. The van der Waals surface area contributed by atoms with E-state index in [1.165, 1.54) is 6.33 Å². The summed E-state index contributed by atoms with van der Waals surface area (Å²) in [6.07, 6.45) is 1.17. The van der Waals surface area contributed by atoms with E-state index in [1.54, 1.807) is 21.7 Å². The van der Waals surface area contributed by atoms with Gasteiger partial charge in [-0.3, -0.25) is 4.90 Å². The molecule has 2 aromatic heterocycles. The SMILES string of the molecule is O=C1OCCN1c1ccc(-c2noc(COc3ccc(-n4cnnn4)cc3)n2)cc1. The van der Waals surface area contributed by atoms with Gasteiger partial charge in [-0.25, -0.2) is 9.48 Å². The molecule has 3 heterocycles. The van der Waals surface area contributed by atoms with Gasteiger partial charge in [0.2, 0.25) is 5.82 Å². The molecule has 0 bridgehead atoms. The second-order valence-electron chi connectivity index (χ2n) is 6.36. The summed E-state index contributed by atoms with van der Waals surface area (Å²) in [5.41, 5.74) is 2.35. The fourth-order valence-corrected chi connectivity index (χ4v) is 2.97. The summed E-state index contributed by atoms with van der Waals surface area (Å²) in [7, 11) is 0. The lowest BCUT2D eigenvalue weighted by atomic mass is 10.2. The fraction of sp³-hybridized carbons (Fsp3) is 0.158. The van der Waals surface area contributed by atoms with Crippen LogP contribution in [-0.4, -0.2) is 49.6 Å². The van der Waals surface area contributed by atoms with Gasteiger partial charge in [-0.15, -0.1) is 5.10 Å². The van der Waals surface area contributed by atoms with Crippen LogP contribution in [0.3, 0.4) is 0 Å². The van der Waals surface area contributed by atoms with Crippen LogP contribution in [0.2, 0.25) is 0 Å². The number of carbonyl (C=O) groups excluding carboxylic acids is 1. The molecule has 1 saturated heterocycles. The van der Waals surface area contributed by atoms with Crippen LogP contribution in [0, 0.1) is 0 Å². The average Bonchev–Trinajstić information content (AvgIpc) is 3.55. The molecule has 1 fully saturated rings. The number of tetrazole rings is 1. The second kappa shape index (κ2) is 7.62. The predicted octanol–water partition coefficient (Wildman–Crippen LogP) is 2.25. The number of benzene rings is 2. The van der Waals surface area contributed by atoms with Gasteiger partial charge in [-0.2, -0.15) is 4.98 Å². The number of rotatable bonds is 6. The topological polar surface area (TPSA) is 121 Å². The van der Waals surface area contributed by atoms with Gasteiger partial charge in [0.15, 0.2) is 6.61 Å². The average molecular weight is 405 g/mol. The fourth-order valence-electron chi connectivity index (χ4n) is 2.97. The standard InChI is InChI=1S/C19H15N7O4/c27-19-25(9-10-28-19)14-3-1-13(2-4-14)18-21-17(30-22-18)11-29-16-7-5-15(6-8-16)26-12-20-23-24-26/h1-8,12H,9-11H2. The summed E-state index contributed by atoms with van der Waals surface area (Å²) in [5.74, 6) is 1.44. The van der Waals surface area contributed by atoms with Crippen molar-refractivity contribution in [2.45, 2.75) is 6.61 Å². The number of hydrogen-bond donors (Lipinski definition) is 0. The smallest absolute Gasteiger partial charge is 0.414 e. The summed E-state index contributed by atoms with van der Waals surface area (Å²) >= 11 is 0. The Bertz CT molecular complexity index is 1140. The van der Waals surface area contributed by atoms with Gasteiger partial charge in [0.05, 0.1) is 12.2 Å². The van der Waals surface area contributed by atoms with Crippen LogP contribution >= 0.6 is 0 Å². The third-order valence-electron chi connectivity index (χ3n) is 4.48. The molecule has 11 heteroatoms. The highest BCUT2D eigenvalue weighted by Gasteiger charge is 2.23. The molecule has 150 valence electrons. The summed E-state index contributed by atoms with van der Waals surface area (Å²) in [5, 5.41) is 15.0. The van der Waals surface area contributed by atoms with Gasteiger partial charge < -0.3 is 14.0 Å². The first-order valence-electron chi connectivity index (χ1n) is 9.10. The van der Waals surface area contributed by atoms with Crippen molar-refractivity contribution >= 4 is 11.8 Å². The number of aromatic nitrogens is 6. The number of cyclic esters (lactones) is 1. The molecule has 0 atom stereocenters. The minimum Gasteiger partial charge on any atom is -0.484 e. The Kier molecular flexibility index (Phi) is 4.52. The van der Waals surface area contributed by atoms with E-state index in [-0.39, 0.29) is 12.7 Å². The van der Waals surface area contributed by atoms with Crippen LogP contribution in [-0.2, 0) is 11.3 Å². The van der Waals surface area contributed by atoms with Gasteiger partial charge in [0.1, 0.15) is 18.7 Å². The van der Waals surface area contributed by atoms with Crippen molar-refractivity contribution in [1.29, 1.82) is 0 Å². The Hall–Kier alpha value is -4.28. The highest BCUT2D eigenvalue weighted by atomic mass is 16.6. The predicted molar refractivity (Wildman–Crippen MR) is 102 cm³/mol. The van der Waals surface area contributed by atoms with Crippen LogP contribution in [0.25, 0.3) is 17.1 Å². The van der Waals surface area contributed by atoms with E-state index in [0.29, 0.717) is 30.6 Å². The highest BCUT2D eigenvalue weighted by molar-refractivity contribution is 5.89. The zero-order chi connectivity index (χ0) is 20.3. The van der Waals surface area contributed by atoms with E-state index >= 15 is 0 Å². The van der Waals surface area contributed by atoms with Crippen LogP contribution in [0.4, 0.5) is 10.5 Å². The number of anilines is 1. The third-order valence-corrected chi connectivity index (χ3v) is 4.48. The van der Waals surface area contributed by atoms with Crippen molar-refractivity contribution in [2.75, 3.05) is 18.1 Å². The van der Waals surface area contributed by atoms with E-state index in [9.17, 15) is 4.79 Å². The largest absolute Gasteiger partial charge is 0.484 e. The van der Waals surface area contributed by atoms with E-state index in [1.807, 2.05) is 36.4 Å². The lowest BCUT2D eigenvalue weighted by Gasteiger charge is -2.12. The molecule has 0 radical (unpaired) electrons. The first kappa shape index (κ1) is 17.8. The first-order valence-corrected chi connectivity index (χ1v) is 9.10. The van der Waals surface area contributed by atoms with Crippen molar-refractivity contribution in [3.05, 3.63) is 60.7 Å². The van der Waals surface area contributed by atoms with Crippen LogP contribution in [0.1, 0.15) is 5.89 Å². The molecule has 1 amide bonds. The summed E-state index contributed by atoms with van der Waals surface area (Å²) in [4.78, 5) is 17.6. The van der Waals surface area contributed by atoms with E-state index < -0.39 is 0 Å². The molecule has 0 saturated carbocycles. The molecule has 1 aliphatic heterocycles. The lowest BCUT2D eigenvalue weighted by Crippen LogP contribution is -2.23. The normalized spacial score (nSPS) is 13.5. The third kappa shape index (κ3) is 3.55. The van der Waals surface area contributed by atoms with Gasteiger partial charge in [0.25, 0.3) is 5.89 Å². The number of carbonyl (C=O) groups is 1. The summed E-state index contributed by atoms with van der Waals surface area (Å²) in [6, 6.07) is 14.6. The van der Waals surface area contributed by atoms with Crippen molar-refractivity contribution in [3.63, 3.8) is 0 Å². The maximum absolute atomic E-state index is 11.6. The number of hydrogen-bond acceptors (Lipinski definition) is 9. The molecule has 0 N–H and O–H groups in total. The monoisotopic (exact) mass is 405 g/mol. The molecule has 5 rings (SSSR count). The van der Waals surface area contributed by atoms with E-state index in [2.05, 4.69) is 25.7 Å². The number of ether oxygens (including phenoxy) is 2. The Labute approximate surface area is 169 Å². The molecule has 0 aliphatic carbocycles. The molecule has 30 heavy (non-hydrogen) atoms. The molecule has 0 unspecified atom stereocenters. The van der Waals surface area contributed by atoms with E-state index in [0.717, 1.165) is 16.9 Å². The highest BCUT2D eigenvalue weighted by Crippen LogP contribution is 2.23. The molecule has 1 aliphatic rings. The summed E-state index contributed by atoms with van der Waals surface area (Å²) in [6.45, 7) is 1.07.